The normalized spacial score (nSPS) is 14.4. The molecule has 0 saturated carbocycles. The molecule has 1 saturated heterocycles. The number of halogens is 2. The molecule has 1 aliphatic heterocycles. The monoisotopic (exact) mass is 553 g/mol. The van der Waals surface area contributed by atoms with E-state index in [1.807, 2.05) is 49.4 Å². The van der Waals surface area contributed by atoms with Crippen LogP contribution in [0.2, 0.25) is 10.0 Å². The fourth-order valence-corrected chi connectivity index (χ4v) is 5.00. The molecule has 3 aromatic carbocycles. The number of imide groups is 1. The van der Waals surface area contributed by atoms with Gasteiger partial charge < -0.3 is 9.47 Å². The maximum atomic E-state index is 13.1. The molecule has 37 heavy (non-hydrogen) atoms. The topological polar surface area (TPSA) is 55.8 Å². The first-order valence-electron chi connectivity index (χ1n) is 11.7. The SMILES string of the molecule is C=CCc1cc(/C=C2\SC(=O)N(Cc3ccc(Cl)c(Cl)c3)C2=O)cc(OCC)c1OCc1ccccc1. The molecule has 8 heteroatoms. The van der Waals surface area contributed by atoms with E-state index in [1.165, 1.54) is 4.90 Å². The number of ether oxygens (including phenoxy) is 2. The van der Waals surface area contributed by atoms with Gasteiger partial charge in [0.1, 0.15) is 6.61 Å². The van der Waals surface area contributed by atoms with Gasteiger partial charge in [0.25, 0.3) is 11.1 Å². The van der Waals surface area contributed by atoms with Gasteiger partial charge in [-0.15, -0.1) is 6.58 Å². The fourth-order valence-electron chi connectivity index (χ4n) is 3.84. The zero-order valence-corrected chi connectivity index (χ0v) is 22.5. The summed E-state index contributed by atoms with van der Waals surface area (Å²) in [5.41, 5.74) is 3.35. The second-order valence-corrected chi connectivity index (χ2v) is 10.0. The van der Waals surface area contributed by atoms with E-state index in [2.05, 4.69) is 6.58 Å². The van der Waals surface area contributed by atoms with E-state index >= 15 is 0 Å². The van der Waals surface area contributed by atoms with Gasteiger partial charge in [0, 0.05) is 5.56 Å². The molecule has 0 N–H and O–H groups in total. The number of benzene rings is 3. The maximum absolute atomic E-state index is 13.1. The number of hydrogen-bond acceptors (Lipinski definition) is 5. The number of carbonyl (C=O) groups excluding carboxylic acids is 2. The molecule has 1 heterocycles. The van der Waals surface area contributed by atoms with Gasteiger partial charge >= 0.3 is 0 Å². The van der Waals surface area contributed by atoms with Gasteiger partial charge in [-0.05, 0) is 72.1 Å². The van der Waals surface area contributed by atoms with E-state index in [0.717, 1.165) is 28.5 Å². The Morgan fingerprint density at radius 2 is 1.76 bits per heavy atom. The van der Waals surface area contributed by atoms with Crippen molar-refractivity contribution in [1.29, 1.82) is 0 Å². The van der Waals surface area contributed by atoms with Crippen LogP contribution in [0.1, 0.15) is 29.2 Å². The first kappa shape index (κ1) is 26.9. The van der Waals surface area contributed by atoms with Gasteiger partial charge in [-0.3, -0.25) is 14.5 Å². The summed E-state index contributed by atoms with van der Waals surface area (Å²) < 4.78 is 12.1. The predicted octanol–water partition coefficient (Wildman–Crippen LogP) is 7.94. The van der Waals surface area contributed by atoms with Crippen LogP contribution in [0.4, 0.5) is 4.79 Å². The van der Waals surface area contributed by atoms with Crippen LogP contribution in [-0.2, 0) is 24.4 Å². The van der Waals surface area contributed by atoms with Crippen LogP contribution >= 0.6 is 35.0 Å². The van der Waals surface area contributed by atoms with Gasteiger partial charge in [-0.2, -0.15) is 0 Å². The average molecular weight is 554 g/mol. The molecular formula is C29H25Cl2NO4S. The van der Waals surface area contributed by atoms with Crippen molar-refractivity contribution in [3.05, 3.63) is 111 Å². The van der Waals surface area contributed by atoms with Crippen molar-refractivity contribution in [2.45, 2.75) is 26.5 Å². The van der Waals surface area contributed by atoms with E-state index in [0.29, 0.717) is 51.6 Å². The lowest BCUT2D eigenvalue weighted by Crippen LogP contribution is -2.27. The molecular weight excluding hydrogens is 529 g/mol. The molecule has 1 aliphatic rings. The van der Waals surface area contributed by atoms with Crippen LogP contribution in [0.25, 0.3) is 6.08 Å². The first-order valence-corrected chi connectivity index (χ1v) is 13.2. The lowest BCUT2D eigenvalue weighted by Gasteiger charge is -2.17. The van der Waals surface area contributed by atoms with E-state index in [4.69, 9.17) is 32.7 Å². The van der Waals surface area contributed by atoms with Crippen LogP contribution in [0.5, 0.6) is 11.5 Å². The van der Waals surface area contributed by atoms with Crippen molar-refractivity contribution in [2.24, 2.45) is 0 Å². The zero-order chi connectivity index (χ0) is 26.4. The molecule has 2 amide bonds. The summed E-state index contributed by atoms with van der Waals surface area (Å²) in [5, 5.41) is 0.437. The van der Waals surface area contributed by atoms with Crippen molar-refractivity contribution >= 4 is 52.2 Å². The van der Waals surface area contributed by atoms with Crippen molar-refractivity contribution in [3.8, 4) is 11.5 Å². The Balaban J connectivity index is 1.61. The highest BCUT2D eigenvalue weighted by Gasteiger charge is 2.35. The Morgan fingerprint density at radius 1 is 0.973 bits per heavy atom. The third-order valence-electron chi connectivity index (χ3n) is 5.54. The molecule has 1 fully saturated rings. The fraction of sp³-hybridized carbons (Fsp3) is 0.172. The highest BCUT2D eigenvalue weighted by Crippen LogP contribution is 2.38. The Kier molecular flexibility index (Phi) is 8.98. The van der Waals surface area contributed by atoms with Crippen molar-refractivity contribution in [2.75, 3.05) is 6.61 Å². The number of hydrogen-bond donors (Lipinski definition) is 0. The maximum Gasteiger partial charge on any atom is 0.293 e. The van der Waals surface area contributed by atoms with Crippen LogP contribution in [0, 0.1) is 0 Å². The van der Waals surface area contributed by atoms with Crippen LogP contribution in [-0.4, -0.2) is 22.7 Å². The smallest absolute Gasteiger partial charge is 0.293 e. The number of thioether (sulfide) groups is 1. The molecule has 0 radical (unpaired) electrons. The molecule has 0 bridgehead atoms. The Hall–Kier alpha value is -3.19. The molecule has 0 atom stereocenters. The second kappa shape index (κ2) is 12.4. The Labute approximate surface area is 230 Å². The van der Waals surface area contributed by atoms with Crippen LogP contribution in [0.15, 0.2) is 78.2 Å². The summed E-state index contributed by atoms with van der Waals surface area (Å²) >= 11 is 13.0. The molecule has 0 aromatic heterocycles. The van der Waals surface area contributed by atoms with E-state index < -0.39 is 0 Å². The summed E-state index contributed by atoms with van der Waals surface area (Å²) in [7, 11) is 0. The van der Waals surface area contributed by atoms with Crippen LogP contribution in [0.3, 0.4) is 0 Å². The standard InChI is InChI=1S/C29H25Cl2NO4S/c1-3-8-22-13-21(15-25(35-4-2)27(22)36-18-19-9-6-5-7-10-19)16-26-28(33)32(29(34)37-26)17-20-11-12-23(30)24(31)14-20/h3,5-7,9-16H,1,4,8,17-18H2,2H3/b26-16-. The number of nitrogens with zero attached hydrogens (tertiary/aromatic N) is 1. The summed E-state index contributed by atoms with van der Waals surface area (Å²) in [4.78, 5) is 27.3. The minimum absolute atomic E-state index is 0.108. The molecule has 0 unspecified atom stereocenters. The molecule has 4 rings (SSSR count). The van der Waals surface area contributed by atoms with Gasteiger partial charge in [0.05, 0.1) is 28.1 Å². The van der Waals surface area contributed by atoms with E-state index in [9.17, 15) is 9.59 Å². The molecule has 3 aromatic rings. The summed E-state index contributed by atoms with van der Waals surface area (Å²) in [6, 6.07) is 18.7. The van der Waals surface area contributed by atoms with E-state index in [-0.39, 0.29) is 17.7 Å². The van der Waals surface area contributed by atoms with Gasteiger partial charge in [0.15, 0.2) is 11.5 Å². The van der Waals surface area contributed by atoms with Gasteiger partial charge in [-0.1, -0.05) is 65.7 Å². The Bertz CT molecular complexity index is 1360. The lowest BCUT2D eigenvalue weighted by atomic mass is 10.0. The Morgan fingerprint density at radius 3 is 2.46 bits per heavy atom. The highest BCUT2D eigenvalue weighted by atomic mass is 35.5. The molecule has 0 spiro atoms. The van der Waals surface area contributed by atoms with Crippen molar-refractivity contribution in [1.82, 2.24) is 4.90 Å². The average Bonchev–Trinajstić information content (AvgIpc) is 3.14. The number of carbonyl (C=O) groups is 2. The first-order chi connectivity index (χ1) is 17.9. The summed E-state index contributed by atoms with van der Waals surface area (Å²) in [6.07, 6.45) is 4.04. The lowest BCUT2D eigenvalue weighted by molar-refractivity contribution is -0.123. The third kappa shape index (κ3) is 6.58. The van der Waals surface area contributed by atoms with Crippen molar-refractivity contribution < 1.29 is 19.1 Å². The minimum atomic E-state index is -0.367. The predicted molar refractivity (Wildman–Crippen MR) is 150 cm³/mol. The highest BCUT2D eigenvalue weighted by molar-refractivity contribution is 8.18. The third-order valence-corrected chi connectivity index (χ3v) is 7.19. The molecule has 0 aliphatic carbocycles. The summed E-state index contributed by atoms with van der Waals surface area (Å²) in [6.45, 7) is 6.70. The zero-order valence-electron chi connectivity index (χ0n) is 20.2. The largest absolute Gasteiger partial charge is 0.490 e. The summed E-state index contributed by atoms with van der Waals surface area (Å²) in [5.74, 6) is 0.836. The van der Waals surface area contributed by atoms with Gasteiger partial charge in [0.2, 0.25) is 0 Å². The second-order valence-electron chi connectivity index (χ2n) is 8.22. The van der Waals surface area contributed by atoms with E-state index in [1.54, 1.807) is 30.4 Å². The molecule has 190 valence electrons. The minimum Gasteiger partial charge on any atom is -0.490 e. The van der Waals surface area contributed by atoms with Gasteiger partial charge in [-0.25, -0.2) is 0 Å². The number of allylic oxidation sites excluding steroid dienone is 1. The van der Waals surface area contributed by atoms with Crippen LogP contribution < -0.4 is 9.47 Å². The number of rotatable bonds is 10. The molecule has 5 nitrogen and oxygen atoms in total. The number of amides is 2. The van der Waals surface area contributed by atoms with Crippen molar-refractivity contribution in [3.63, 3.8) is 0 Å². The quantitative estimate of drug-likeness (QED) is 0.188.